The first-order chi connectivity index (χ1) is 23.8. The Hall–Kier alpha value is -6.25. The molecule has 0 fully saturated rings. The monoisotopic (exact) mass is 610 g/mol. The van der Waals surface area contributed by atoms with E-state index in [2.05, 4.69) is 187 Å². The number of pyridine rings is 1. The van der Waals surface area contributed by atoms with Crippen LogP contribution in [0.3, 0.4) is 0 Å². The Balaban J connectivity index is 1.38. The van der Waals surface area contributed by atoms with Gasteiger partial charge in [-0.05, 0) is 69.3 Å². The maximum absolute atomic E-state index is 5.44. The fourth-order valence-electron chi connectivity index (χ4n) is 8.24. The van der Waals surface area contributed by atoms with Crippen LogP contribution < -0.4 is 0 Å². The van der Waals surface area contributed by atoms with E-state index in [1.165, 1.54) is 44.2 Å². The lowest BCUT2D eigenvalue weighted by molar-refractivity contribution is 0.769. The lowest BCUT2D eigenvalue weighted by Crippen LogP contribution is -2.28. The van der Waals surface area contributed by atoms with Crippen molar-refractivity contribution in [3.8, 4) is 28.1 Å². The zero-order valence-corrected chi connectivity index (χ0v) is 26.2. The van der Waals surface area contributed by atoms with Gasteiger partial charge in [0.2, 0.25) is 0 Å². The number of para-hydroxylation sites is 2. The summed E-state index contributed by atoms with van der Waals surface area (Å²) in [6.07, 6.45) is 0. The number of hydrogen-bond acceptors (Lipinski definition) is 1. The average Bonchev–Trinajstić information content (AvgIpc) is 3.64. The molecule has 0 bridgehead atoms. The molecule has 0 unspecified atom stereocenters. The molecule has 0 radical (unpaired) electrons. The molecular formula is C46H30N2. The highest BCUT2D eigenvalue weighted by molar-refractivity contribution is 6.12. The van der Waals surface area contributed by atoms with E-state index in [1.807, 2.05) is 0 Å². The Labute approximate surface area is 279 Å². The van der Waals surface area contributed by atoms with Crippen molar-refractivity contribution in [2.75, 3.05) is 0 Å². The minimum absolute atomic E-state index is 0.483. The molecule has 0 saturated heterocycles. The van der Waals surface area contributed by atoms with Crippen LogP contribution in [0.15, 0.2) is 182 Å². The molecule has 0 spiro atoms. The van der Waals surface area contributed by atoms with Crippen molar-refractivity contribution in [2.24, 2.45) is 0 Å². The second-order valence-corrected chi connectivity index (χ2v) is 12.7. The quantitative estimate of drug-likeness (QED) is 0.194. The van der Waals surface area contributed by atoms with Crippen molar-refractivity contribution in [1.82, 2.24) is 9.55 Å². The molecule has 0 saturated carbocycles. The van der Waals surface area contributed by atoms with E-state index in [9.17, 15) is 0 Å². The summed E-state index contributed by atoms with van der Waals surface area (Å²) < 4.78 is 2.41. The molecule has 1 aliphatic carbocycles. The van der Waals surface area contributed by atoms with Gasteiger partial charge in [0.15, 0.2) is 0 Å². The predicted molar refractivity (Wildman–Crippen MR) is 199 cm³/mol. The minimum Gasteiger partial charge on any atom is -0.293 e. The lowest BCUT2D eigenvalue weighted by Gasteiger charge is -2.34. The number of aromatic nitrogens is 2. The summed E-state index contributed by atoms with van der Waals surface area (Å²) in [6, 6.07) is 66.1. The Kier molecular flexibility index (Phi) is 5.82. The van der Waals surface area contributed by atoms with Crippen molar-refractivity contribution >= 4 is 32.7 Å². The van der Waals surface area contributed by atoms with Gasteiger partial charge >= 0.3 is 0 Å². The summed E-state index contributed by atoms with van der Waals surface area (Å²) in [4.78, 5) is 5.44. The number of rotatable bonds is 4. The van der Waals surface area contributed by atoms with Gasteiger partial charge in [-0.3, -0.25) is 4.57 Å². The first kappa shape index (κ1) is 26.9. The van der Waals surface area contributed by atoms with Gasteiger partial charge in [0.25, 0.3) is 0 Å². The smallest absolute Gasteiger partial charge is 0.146 e. The third kappa shape index (κ3) is 3.72. The zero-order valence-electron chi connectivity index (χ0n) is 26.2. The molecule has 2 heteroatoms. The molecule has 2 nitrogen and oxygen atoms in total. The summed E-state index contributed by atoms with van der Waals surface area (Å²) in [5.74, 6) is 0.937. The molecule has 7 aromatic carbocycles. The standard InChI is InChI=1S/C46H30N2/c1-4-16-31(17-5-1)37-28-32-18-10-14-26-42(32)47-45(37)48-43-27-15-12-24-36(43)39-29-38-35-23-11-13-25-40(35)46(41(38)30-44(39)48,33-19-6-2-7-20-33)34-21-8-3-9-22-34/h1-30H. The second kappa shape index (κ2) is 10.4. The van der Waals surface area contributed by atoms with Gasteiger partial charge in [0, 0.05) is 21.7 Å². The van der Waals surface area contributed by atoms with E-state index in [0.717, 1.165) is 38.9 Å². The SMILES string of the molecule is c1ccc(-c2cc3ccccc3nc2-n2c3ccccc3c3cc4c(cc32)C(c2ccccc2)(c2ccccc2)c2ccccc2-4)cc1. The third-order valence-corrected chi connectivity index (χ3v) is 10.3. The maximum Gasteiger partial charge on any atom is 0.146 e. The highest BCUT2D eigenvalue weighted by Crippen LogP contribution is 2.57. The van der Waals surface area contributed by atoms with Crippen LogP contribution in [-0.4, -0.2) is 9.55 Å². The zero-order chi connectivity index (χ0) is 31.7. The van der Waals surface area contributed by atoms with Crippen LogP contribution in [0.4, 0.5) is 0 Å². The molecule has 48 heavy (non-hydrogen) atoms. The minimum atomic E-state index is -0.483. The number of benzene rings is 7. The van der Waals surface area contributed by atoms with E-state index in [1.54, 1.807) is 0 Å². The van der Waals surface area contributed by atoms with Crippen LogP contribution in [0.5, 0.6) is 0 Å². The fraction of sp³-hybridized carbons (Fsp3) is 0.0217. The third-order valence-electron chi connectivity index (χ3n) is 10.3. The highest BCUT2D eigenvalue weighted by Gasteiger charge is 2.46. The van der Waals surface area contributed by atoms with Crippen LogP contribution >= 0.6 is 0 Å². The second-order valence-electron chi connectivity index (χ2n) is 12.7. The molecule has 0 N–H and O–H groups in total. The van der Waals surface area contributed by atoms with Crippen LogP contribution in [-0.2, 0) is 5.41 Å². The van der Waals surface area contributed by atoms with E-state index < -0.39 is 5.41 Å². The molecular weight excluding hydrogens is 581 g/mol. The van der Waals surface area contributed by atoms with Crippen LogP contribution in [0, 0.1) is 0 Å². The molecule has 0 atom stereocenters. The molecule has 10 rings (SSSR count). The van der Waals surface area contributed by atoms with Gasteiger partial charge in [0.1, 0.15) is 5.82 Å². The average molecular weight is 611 g/mol. The first-order valence-corrected chi connectivity index (χ1v) is 16.6. The topological polar surface area (TPSA) is 17.8 Å². The lowest BCUT2D eigenvalue weighted by atomic mass is 9.67. The van der Waals surface area contributed by atoms with Gasteiger partial charge < -0.3 is 0 Å². The summed E-state index contributed by atoms with van der Waals surface area (Å²) in [5.41, 5.74) is 12.7. The Morgan fingerprint density at radius 1 is 0.417 bits per heavy atom. The number of hydrogen-bond donors (Lipinski definition) is 0. The highest BCUT2D eigenvalue weighted by atomic mass is 15.1. The Bertz CT molecular complexity index is 2610. The van der Waals surface area contributed by atoms with E-state index >= 15 is 0 Å². The van der Waals surface area contributed by atoms with Crippen LogP contribution in [0.1, 0.15) is 22.3 Å². The van der Waals surface area contributed by atoms with E-state index in [-0.39, 0.29) is 0 Å². The summed E-state index contributed by atoms with van der Waals surface area (Å²) in [5, 5.41) is 3.58. The number of nitrogens with zero attached hydrogens (tertiary/aromatic N) is 2. The molecule has 2 heterocycles. The molecule has 0 amide bonds. The normalized spacial score (nSPS) is 13.2. The Morgan fingerprint density at radius 3 is 1.81 bits per heavy atom. The summed E-state index contributed by atoms with van der Waals surface area (Å²) in [7, 11) is 0. The molecule has 1 aliphatic rings. The predicted octanol–water partition coefficient (Wildman–Crippen LogP) is 11.4. The van der Waals surface area contributed by atoms with Crippen molar-refractivity contribution in [2.45, 2.75) is 5.41 Å². The number of fused-ring (bicyclic) bond motifs is 7. The summed E-state index contributed by atoms with van der Waals surface area (Å²) in [6.45, 7) is 0. The summed E-state index contributed by atoms with van der Waals surface area (Å²) >= 11 is 0. The van der Waals surface area contributed by atoms with Gasteiger partial charge in [-0.25, -0.2) is 4.98 Å². The Morgan fingerprint density at radius 2 is 1.04 bits per heavy atom. The molecule has 2 aromatic heterocycles. The van der Waals surface area contributed by atoms with Crippen LogP contribution in [0.25, 0.3) is 60.8 Å². The van der Waals surface area contributed by atoms with Gasteiger partial charge in [-0.1, -0.05) is 152 Å². The van der Waals surface area contributed by atoms with Crippen molar-refractivity contribution in [1.29, 1.82) is 0 Å². The van der Waals surface area contributed by atoms with Crippen molar-refractivity contribution < 1.29 is 0 Å². The van der Waals surface area contributed by atoms with Gasteiger partial charge in [-0.2, -0.15) is 0 Å². The first-order valence-electron chi connectivity index (χ1n) is 16.6. The van der Waals surface area contributed by atoms with E-state index in [0.29, 0.717) is 0 Å². The van der Waals surface area contributed by atoms with E-state index in [4.69, 9.17) is 4.98 Å². The van der Waals surface area contributed by atoms with Gasteiger partial charge in [-0.15, -0.1) is 0 Å². The van der Waals surface area contributed by atoms with Crippen LogP contribution in [0.2, 0.25) is 0 Å². The largest absolute Gasteiger partial charge is 0.293 e. The van der Waals surface area contributed by atoms with Gasteiger partial charge in [0.05, 0.1) is 22.0 Å². The maximum atomic E-state index is 5.44. The van der Waals surface area contributed by atoms with Crippen molar-refractivity contribution in [3.05, 3.63) is 204 Å². The van der Waals surface area contributed by atoms with Crippen molar-refractivity contribution in [3.63, 3.8) is 0 Å². The molecule has 0 aliphatic heterocycles. The molecule has 9 aromatic rings. The fourth-order valence-corrected chi connectivity index (χ4v) is 8.24. The molecule has 224 valence electrons.